The predicted molar refractivity (Wildman–Crippen MR) is 105 cm³/mol. The van der Waals surface area contributed by atoms with Gasteiger partial charge in [0.15, 0.2) is 0 Å². The summed E-state index contributed by atoms with van der Waals surface area (Å²) in [7, 11) is 3.48. The van der Waals surface area contributed by atoms with Crippen LogP contribution in [0.4, 0.5) is 5.69 Å². The Bertz CT molecular complexity index is 925. The summed E-state index contributed by atoms with van der Waals surface area (Å²) in [6.07, 6.45) is 0.680. The first kappa shape index (κ1) is 17.7. The van der Waals surface area contributed by atoms with Crippen molar-refractivity contribution in [2.45, 2.75) is 12.8 Å². The van der Waals surface area contributed by atoms with Gasteiger partial charge in [-0.05, 0) is 34.0 Å². The lowest BCUT2D eigenvalue weighted by molar-refractivity contribution is -0.128. The SMILES string of the molecule is CN(C)C(=O)Cc1ccc(NC(=O)Cc2cccc3ccccc23)cc1. The summed E-state index contributed by atoms with van der Waals surface area (Å²) in [4.78, 5) is 25.7. The van der Waals surface area contributed by atoms with Crippen LogP contribution < -0.4 is 5.32 Å². The number of rotatable bonds is 5. The molecule has 0 radical (unpaired) electrons. The van der Waals surface area contributed by atoms with E-state index in [0.29, 0.717) is 12.8 Å². The molecular formula is C22H22N2O2. The van der Waals surface area contributed by atoms with E-state index in [1.54, 1.807) is 19.0 Å². The fourth-order valence-corrected chi connectivity index (χ4v) is 2.86. The van der Waals surface area contributed by atoms with E-state index in [9.17, 15) is 9.59 Å². The van der Waals surface area contributed by atoms with Crippen LogP contribution in [-0.2, 0) is 22.4 Å². The van der Waals surface area contributed by atoms with Crippen molar-refractivity contribution in [3.63, 3.8) is 0 Å². The standard InChI is InChI=1S/C22H22N2O2/c1-24(2)22(26)14-16-10-12-19(13-11-16)23-21(25)15-18-8-5-7-17-6-3-4-9-20(17)18/h3-13H,14-15H2,1-2H3,(H,23,25). The van der Waals surface area contributed by atoms with Crippen molar-refractivity contribution in [1.29, 1.82) is 0 Å². The second-order valence-corrected chi connectivity index (χ2v) is 6.53. The number of nitrogens with one attached hydrogen (secondary N) is 1. The average Bonchev–Trinajstić information content (AvgIpc) is 2.63. The number of benzene rings is 3. The molecule has 132 valence electrons. The molecule has 3 aromatic carbocycles. The average molecular weight is 346 g/mol. The Labute approximate surface area is 153 Å². The van der Waals surface area contributed by atoms with E-state index in [1.807, 2.05) is 66.7 Å². The highest BCUT2D eigenvalue weighted by molar-refractivity contribution is 5.96. The second-order valence-electron chi connectivity index (χ2n) is 6.53. The summed E-state index contributed by atoms with van der Waals surface area (Å²) in [5.74, 6) is -0.00351. The molecule has 2 amide bonds. The summed E-state index contributed by atoms with van der Waals surface area (Å²) in [5.41, 5.74) is 2.67. The van der Waals surface area contributed by atoms with E-state index in [-0.39, 0.29) is 11.8 Å². The van der Waals surface area contributed by atoms with E-state index < -0.39 is 0 Å². The van der Waals surface area contributed by atoms with E-state index in [1.165, 1.54) is 0 Å². The lowest BCUT2D eigenvalue weighted by Gasteiger charge is -2.11. The maximum Gasteiger partial charge on any atom is 0.228 e. The molecule has 0 atom stereocenters. The van der Waals surface area contributed by atoms with Crippen molar-refractivity contribution >= 4 is 28.3 Å². The molecule has 0 aliphatic carbocycles. The number of hydrogen-bond acceptors (Lipinski definition) is 2. The van der Waals surface area contributed by atoms with E-state index in [0.717, 1.165) is 27.6 Å². The number of hydrogen-bond donors (Lipinski definition) is 1. The van der Waals surface area contributed by atoms with Crippen LogP contribution >= 0.6 is 0 Å². The summed E-state index contributed by atoms with van der Waals surface area (Å²) in [5, 5.41) is 5.16. The van der Waals surface area contributed by atoms with Gasteiger partial charge in [0.1, 0.15) is 0 Å². The monoisotopic (exact) mass is 346 g/mol. The lowest BCUT2D eigenvalue weighted by atomic mass is 10.0. The molecule has 0 aliphatic heterocycles. The molecular weight excluding hydrogens is 324 g/mol. The molecule has 0 bridgehead atoms. The van der Waals surface area contributed by atoms with Gasteiger partial charge < -0.3 is 10.2 Å². The number of fused-ring (bicyclic) bond motifs is 1. The van der Waals surface area contributed by atoms with Crippen molar-refractivity contribution in [1.82, 2.24) is 4.90 Å². The van der Waals surface area contributed by atoms with E-state index in [4.69, 9.17) is 0 Å². The fourth-order valence-electron chi connectivity index (χ4n) is 2.86. The number of nitrogens with zero attached hydrogens (tertiary/aromatic N) is 1. The van der Waals surface area contributed by atoms with Gasteiger partial charge in [0.05, 0.1) is 12.8 Å². The highest BCUT2D eigenvalue weighted by Crippen LogP contribution is 2.19. The van der Waals surface area contributed by atoms with Crippen LogP contribution in [0, 0.1) is 0 Å². The molecule has 1 N–H and O–H groups in total. The quantitative estimate of drug-likeness (QED) is 0.767. The molecule has 26 heavy (non-hydrogen) atoms. The third kappa shape index (κ3) is 4.28. The first-order chi connectivity index (χ1) is 12.5. The number of carbonyl (C=O) groups excluding carboxylic acids is 2. The predicted octanol–water partition coefficient (Wildman–Crippen LogP) is 3.65. The van der Waals surface area contributed by atoms with Crippen LogP contribution in [0.25, 0.3) is 10.8 Å². The Balaban J connectivity index is 1.65. The summed E-state index contributed by atoms with van der Waals surface area (Å²) in [6.45, 7) is 0. The third-order valence-corrected chi connectivity index (χ3v) is 4.32. The van der Waals surface area contributed by atoms with Crippen molar-refractivity contribution in [3.8, 4) is 0 Å². The summed E-state index contributed by atoms with van der Waals surface area (Å²) < 4.78 is 0. The highest BCUT2D eigenvalue weighted by atomic mass is 16.2. The number of likely N-dealkylation sites (N-methyl/N-ethyl adjacent to an activating group) is 1. The van der Waals surface area contributed by atoms with Gasteiger partial charge in [0.25, 0.3) is 0 Å². The largest absolute Gasteiger partial charge is 0.349 e. The molecule has 0 unspecified atom stereocenters. The van der Waals surface area contributed by atoms with Crippen LogP contribution in [0.2, 0.25) is 0 Å². The molecule has 0 saturated heterocycles. The van der Waals surface area contributed by atoms with E-state index >= 15 is 0 Å². The summed E-state index contributed by atoms with van der Waals surface area (Å²) >= 11 is 0. The molecule has 0 aliphatic rings. The summed E-state index contributed by atoms with van der Waals surface area (Å²) in [6, 6.07) is 21.5. The Hall–Kier alpha value is -3.14. The van der Waals surface area contributed by atoms with Gasteiger partial charge in [0.2, 0.25) is 11.8 Å². The molecule has 0 saturated carbocycles. The Morgan fingerprint density at radius 3 is 2.27 bits per heavy atom. The van der Waals surface area contributed by atoms with Gasteiger partial charge in [0, 0.05) is 19.8 Å². The minimum Gasteiger partial charge on any atom is -0.349 e. The van der Waals surface area contributed by atoms with Gasteiger partial charge in [-0.25, -0.2) is 0 Å². The van der Waals surface area contributed by atoms with Crippen LogP contribution in [0.5, 0.6) is 0 Å². The maximum atomic E-state index is 12.4. The Morgan fingerprint density at radius 1 is 0.846 bits per heavy atom. The maximum absolute atomic E-state index is 12.4. The highest BCUT2D eigenvalue weighted by Gasteiger charge is 2.09. The van der Waals surface area contributed by atoms with Crippen LogP contribution in [-0.4, -0.2) is 30.8 Å². The first-order valence-electron chi connectivity index (χ1n) is 8.58. The number of carbonyl (C=O) groups is 2. The minimum absolute atomic E-state index is 0.0535. The normalized spacial score (nSPS) is 10.5. The Morgan fingerprint density at radius 2 is 1.54 bits per heavy atom. The third-order valence-electron chi connectivity index (χ3n) is 4.32. The topological polar surface area (TPSA) is 49.4 Å². The molecule has 0 spiro atoms. The lowest BCUT2D eigenvalue weighted by Crippen LogP contribution is -2.23. The van der Waals surface area contributed by atoms with E-state index in [2.05, 4.69) is 5.32 Å². The van der Waals surface area contributed by atoms with Gasteiger partial charge in [-0.2, -0.15) is 0 Å². The van der Waals surface area contributed by atoms with Gasteiger partial charge in [-0.1, -0.05) is 54.6 Å². The van der Waals surface area contributed by atoms with Gasteiger partial charge in [-0.3, -0.25) is 9.59 Å². The van der Waals surface area contributed by atoms with Crippen LogP contribution in [0.1, 0.15) is 11.1 Å². The smallest absolute Gasteiger partial charge is 0.228 e. The van der Waals surface area contributed by atoms with Crippen molar-refractivity contribution < 1.29 is 9.59 Å². The van der Waals surface area contributed by atoms with Crippen molar-refractivity contribution in [2.24, 2.45) is 0 Å². The molecule has 3 aromatic rings. The van der Waals surface area contributed by atoms with Crippen LogP contribution in [0.3, 0.4) is 0 Å². The molecule has 0 fully saturated rings. The second kappa shape index (κ2) is 7.83. The Kier molecular flexibility index (Phi) is 5.32. The van der Waals surface area contributed by atoms with Gasteiger partial charge in [-0.15, -0.1) is 0 Å². The number of anilines is 1. The fraction of sp³-hybridized carbons (Fsp3) is 0.182. The zero-order valence-electron chi connectivity index (χ0n) is 15.0. The zero-order chi connectivity index (χ0) is 18.5. The zero-order valence-corrected chi connectivity index (χ0v) is 15.0. The molecule has 4 nitrogen and oxygen atoms in total. The first-order valence-corrected chi connectivity index (χ1v) is 8.58. The molecule has 3 rings (SSSR count). The number of amides is 2. The van der Waals surface area contributed by atoms with Crippen molar-refractivity contribution in [3.05, 3.63) is 77.9 Å². The molecule has 4 heteroatoms. The molecule has 0 aromatic heterocycles. The van der Waals surface area contributed by atoms with Crippen LogP contribution in [0.15, 0.2) is 66.7 Å². The van der Waals surface area contributed by atoms with Gasteiger partial charge >= 0.3 is 0 Å². The minimum atomic E-state index is -0.0570. The molecule has 0 heterocycles. The van der Waals surface area contributed by atoms with Crippen molar-refractivity contribution in [2.75, 3.05) is 19.4 Å².